The molecule has 3 amide bonds. The number of rotatable bonds is 6. The molecule has 0 atom stereocenters. The molecule has 25 heavy (non-hydrogen) atoms. The molecule has 1 saturated heterocycles. The molecule has 2 aromatic rings. The van der Waals surface area contributed by atoms with Crippen molar-refractivity contribution in [3.8, 4) is 17.1 Å². The van der Waals surface area contributed by atoms with Crippen LogP contribution in [0.1, 0.15) is 18.5 Å². The van der Waals surface area contributed by atoms with E-state index in [-0.39, 0.29) is 37.7 Å². The molecule has 1 aliphatic rings. The van der Waals surface area contributed by atoms with Crippen LogP contribution in [0.2, 0.25) is 0 Å². The molecule has 8 heteroatoms. The van der Waals surface area contributed by atoms with Crippen LogP contribution >= 0.6 is 0 Å². The number of aromatic nitrogens is 1. The first kappa shape index (κ1) is 16.7. The molecule has 0 spiro atoms. The van der Waals surface area contributed by atoms with Crippen LogP contribution in [0, 0.1) is 0 Å². The number of ether oxygens (including phenoxy) is 1. The maximum absolute atomic E-state index is 11.9. The minimum atomic E-state index is -0.419. The van der Waals surface area contributed by atoms with E-state index in [0.29, 0.717) is 11.5 Å². The van der Waals surface area contributed by atoms with E-state index in [1.807, 2.05) is 24.3 Å². The second-order valence-electron chi connectivity index (χ2n) is 5.56. The van der Waals surface area contributed by atoms with Gasteiger partial charge in [-0.15, -0.1) is 0 Å². The minimum absolute atomic E-state index is 0.148. The van der Waals surface area contributed by atoms with Crippen LogP contribution in [-0.4, -0.2) is 41.4 Å². The molecule has 1 fully saturated rings. The minimum Gasteiger partial charge on any atom is -0.497 e. The molecule has 0 unspecified atom stereocenters. The highest BCUT2D eigenvalue weighted by Crippen LogP contribution is 2.23. The highest BCUT2D eigenvalue weighted by Gasteiger charge is 2.30. The summed E-state index contributed by atoms with van der Waals surface area (Å²) >= 11 is 0. The van der Waals surface area contributed by atoms with Gasteiger partial charge in [0, 0.05) is 24.5 Å². The van der Waals surface area contributed by atoms with Gasteiger partial charge in [0.15, 0.2) is 5.76 Å². The Labute approximate surface area is 143 Å². The zero-order chi connectivity index (χ0) is 17.8. The number of carbonyl (C=O) groups is 3. The Hall–Kier alpha value is -3.16. The maximum Gasteiger partial charge on any atom is 0.240 e. The molecule has 0 aliphatic carbocycles. The summed E-state index contributed by atoms with van der Waals surface area (Å²) in [6.45, 7) is -0.116. The van der Waals surface area contributed by atoms with Crippen molar-refractivity contribution in [1.82, 2.24) is 15.4 Å². The lowest BCUT2D eigenvalue weighted by atomic mass is 10.1. The van der Waals surface area contributed by atoms with Gasteiger partial charge in [0.25, 0.3) is 0 Å². The molecular weight excluding hydrogens is 326 g/mol. The van der Waals surface area contributed by atoms with Gasteiger partial charge in [-0.3, -0.25) is 19.3 Å². The summed E-state index contributed by atoms with van der Waals surface area (Å²) < 4.78 is 10.4. The van der Waals surface area contributed by atoms with E-state index in [0.717, 1.165) is 16.2 Å². The largest absolute Gasteiger partial charge is 0.497 e. The Bertz CT molecular complexity index is 781. The summed E-state index contributed by atoms with van der Waals surface area (Å²) in [4.78, 5) is 35.8. The second kappa shape index (κ2) is 7.16. The standard InChI is InChI=1S/C17H17N3O5/c1-24-13-4-2-11(3-5-13)14-8-12(19-25-14)9-18-15(21)10-20-16(22)6-7-17(20)23/h2-5,8H,6-7,9-10H2,1H3,(H,18,21). The summed E-state index contributed by atoms with van der Waals surface area (Å²) in [7, 11) is 1.59. The van der Waals surface area contributed by atoms with Crippen molar-refractivity contribution in [2.45, 2.75) is 19.4 Å². The Morgan fingerprint density at radius 1 is 1.24 bits per heavy atom. The predicted octanol–water partition coefficient (Wildman–Crippen LogP) is 1.12. The van der Waals surface area contributed by atoms with Crippen molar-refractivity contribution < 1.29 is 23.6 Å². The van der Waals surface area contributed by atoms with Crippen molar-refractivity contribution in [3.05, 3.63) is 36.0 Å². The molecule has 1 aromatic heterocycles. The Morgan fingerprint density at radius 2 is 1.92 bits per heavy atom. The van der Waals surface area contributed by atoms with Crippen LogP contribution in [0.5, 0.6) is 5.75 Å². The molecule has 0 bridgehead atoms. The van der Waals surface area contributed by atoms with Crippen molar-refractivity contribution in [3.63, 3.8) is 0 Å². The van der Waals surface area contributed by atoms with Gasteiger partial charge >= 0.3 is 0 Å². The van der Waals surface area contributed by atoms with E-state index in [1.54, 1.807) is 13.2 Å². The molecule has 2 heterocycles. The third kappa shape index (κ3) is 3.85. The fourth-order valence-corrected chi connectivity index (χ4v) is 2.47. The van der Waals surface area contributed by atoms with Gasteiger partial charge < -0.3 is 14.6 Å². The van der Waals surface area contributed by atoms with Crippen molar-refractivity contribution in [2.24, 2.45) is 0 Å². The topological polar surface area (TPSA) is 102 Å². The van der Waals surface area contributed by atoms with E-state index in [9.17, 15) is 14.4 Å². The average molecular weight is 343 g/mol. The first-order chi connectivity index (χ1) is 12.1. The van der Waals surface area contributed by atoms with Gasteiger partial charge in [0.1, 0.15) is 18.0 Å². The fraction of sp³-hybridized carbons (Fsp3) is 0.294. The quantitative estimate of drug-likeness (QED) is 0.789. The van der Waals surface area contributed by atoms with E-state index in [2.05, 4.69) is 10.5 Å². The lowest BCUT2D eigenvalue weighted by Gasteiger charge is -2.12. The van der Waals surface area contributed by atoms with Crippen molar-refractivity contribution in [2.75, 3.05) is 13.7 Å². The average Bonchev–Trinajstić information content (AvgIpc) is 3.22. The highest BCUT2D eigenvalue weighted by atomic mass is 16.5. The molecule has 1 aliphatic heterocycles. The Morgan fingerprint density at radius 3 is 2.56 bits per heavy atom. The number of benzene rings is 1. The normalized spacial score (nSPS) is 14.0. The number of likely N-dealkylation sites (tertiary alicyclic amines) is 1. The van der Waals surface area contributed by atoms with E-state index in [4.69, 9.17) is 9.26 Å². The fourth-order valence-electron chi connectivity index (χ4n) is 2.47. The number of carbonyl (C=O) groups excluding carboxylic acids is 3. The zero-order valence-corrected chi connectivity index (χ0v) is 13.7. The van der Waals surface area contributed by atoms with Gasteiger partial charge in [0.2, 0.25) is 17.7 Å². The van der Waals surface area contributed by atoms with Gasteiger partial charge in [-0.25, -0.2) is 0 Å². The maximum atomic E-state index is 11.9. The SMILES string of the molecule is COc1ccc(-c2cc(CNC(=O)CN3C(=O)CCC3=O)no2)cc1. The number of amides is 3. The molecule has 1 aromatic carbocycles. The Kier molecular flexibility index (Phi) is 4.78. The number of hydrogen-bond donors (Lipinski definition) is 1. The van der Waals surface area contributed by atoms with Crippen molar-refractivity contribution in [1.29, 1.82) is 0 Å². The van der Waals surface area contributed by atoms with E-state index < -0.39 is 5.91 Å². The van der Waals surface area contributed by atoms with E-state index >= 15 is 0 Å². The summed E-state index contributed by atoms with van der Waals surface area (Å²) in [5, 5.41) is 6.52. The van der Waals surface area contributed by atoms with Crippen LogP contribution in [-0.2, 0) is 20.9 Å². The first-order valence-electron chi connectivity index (χ1n) is 7.76. The smallest absolute Gasteiger partial charge is 0.240 e. The monoisotopic (exact) mass is 343 g/mol. The second-order valence-corrected chi connectivity index (χ2v) is 5.56. The third-order valence-electron chi connectivity index (χ3n) is 3.86. The zero-order valence-electron chi connectivity index (χ0n) is 13.7. The van der Waals surface area contributed by atoms with Crippen LogP contribution in [0.4, 0.5) is 0 Å². The van der Waals surface area contributed by atoms with Crippen molar-refractivity contribution >= 4 is 17.7 Å². The van der Waals surface area contributed by atoms with Crippen LogP contribution in [0.3, 0.4) is 0 Å². The van der Waals surface area contributed by atoms with Crippen LogP contribution in [0.15, 0.2) is 34.9 Å². The third-order valence-corrected chi connectivity index (χ3v) is 3.86. The molecule has 1 N–H and O–H groups in total. The van der Waals surface area contributed by atoms with E-state index in [1.165, 1.54) is 0 Å². The van der Waals surface area contributed by atoms with Crippen LogP contribution in [0.25, 0.3) is 11.3 Å². The molecule has 3 rings (SSSR count). The lowest BCUT2D eigenvalue weighted by Crippen LogP contribution is -2.39. The molecule has 130 valence electrons. The highest BCUT2D eigenvalue weighted by molar-refractivity contribution is 6.04. The molecule has 0 saturated carbocycles. The number of imide groups is 1. The summed E-state index contributed by atoms with van der Waals surface area (Å²) in [6.07, 6.45) is 0.335. The lowest BCUT2D eigenvalue weighted by molar-refractivity contribution is -0.142. The van der Waals surface area contributed by atoms with Gasteiger partial charge in [-0.05, 0) is 24.3 Å². The number of nitrogens with one attached hydrogen (secondary N) is 1. The summed E-state index contributed by atoms with van der Waals surface area (Å²) in [5.74, 6) is 0.253. The first-order valence-corrected chi connectivity index (χ1v) is 7.76. The van der Waals surface area contributed by atoms with Gasteiger partial charge in [-0.2, -0.15) is 0 Å². The van der Waals surface area contributed by atoms with Crippen LogP contribution < -0.4 is 10.1 Å². The number of nitrogens with zero attached hydrogens (tertiary/aromatic N) is 2. The van der Waals surface area contributed by atoms with Gasteiger partial charge in [0.05, 0.1) is 13.7 Å². The predicted molar refractivity (Wildman–Crippen MR) is 86.3 cm³/mol. The summed E-state index contributed by atoms with van der Waals surface area (Å²) in [6, 6.07) is 9.01. The molecule has 8 nitrogen and oxygen atoms in total. The molecule has 0 radical (unpaired) electrons. The molecular formula is C17H17N3O5. The van der Waals surface area contributed by atoms with Gasteiger partial charge in [-0.1, -0.05) is 5.16 Å². The number of hydrogen-bond acceptors (Lipinski definition) is 6. The Balaban J connectivity index is 1.55. The summed E-state index contributed by atoms with van der Waals surface area (Å²) in [5.41, 5.74) is 1.37. The number of methoxy groups -OCH3 is 1.